The highest BCUT2D eigenvalue weighted by Gasteiger charge is 2.25. The van der Waals surface area contributed by atoms with E-state index in [1.807, 2.05) is 36.4 Å². The molecule has 8 rings (SSSR count). The second-order valence-electron chi connectivity index (χ2n) is 10.2. The lowest BCUT2D eigenvalue weighted by atomic mass is 9.79. The molecular weight excluding hydrogens is 484 g/mol. The van der Waals surface area contributed by atoms with Gasteiger partial charge in [0.1, 0.15) is 0 Å². The molecule has 0 N–H and O–H groups in total. The van der Waals surface area contributed by atoms with Crippen LogP contribution in [0.1, 0.15) is 5.56 Å². The van der Waals surface area contributed by atoms with Crippen molar-refractivity contribution in [2.75, 3.05) is 0 Å². The first-order valence-corrected chi connectivity index (χ1v) is 13.3. The molecule has 0 spiro atoms. The summed E-state index contributed by atoms with van der Waals surface area (Å²) < 4.78 is 0. The molecule has 0 amide bonds. The van der Waals surface area contributed by atoms with Crippen LogP contribution in [0, 0.1) is 17.9 Å². The second kappa shape index (κ2) is 8.40. The fourth-order valence-electron chi connectivity index (χ4n) is 6.67. The minimum atomic E-state index is 0.629. The number of hydrogen-bond donors (Lipinski definition) is 0. The Labute approximate surface area is 231 Å². The molecule has 0 atom stereocenters. The first-order valence-electron chi connectivity index (χ1n) is 13.3. The van der Waals surface area contributed by atoms with Crippen molar-refractivity contribution in [2.24, 2.45) is 0 Å². The summed E-state index contributed by atoms with van der Waals surface area (Å²) in [5.41, 5.74) is 5.50. The van der Waals surface area contributed by atoms with Crippen molar-refractivity contribution in [3.63, 3.8) is 0 Å². The van der Waals surface area contributed by atoms with Gasteiger partial charge in [-0.3, -0.25) is 0 Å². The summed E-state index contributed by atoms with van der Waals surface area (Å²) in [5, 5.41) is 21.1. The number of benzene rings is 8. The van der Waals surface area contributed by atoms with Crippen LogP contribution in [-0.4, -0.2) is 0 Å². The first kappa shape index (κ1) is 22.3. The van der Waals surface area contributed by atoms with Crippen molar-refractivity contribution in [1.29, 1.82) is 5.26 Å². The van der Waals surface area contributed by atoms with Crippen LogP contribution in [0.15, 0.2) is 121 Å². The molecule has 0 aromatic heterocycles. The highest BCUT2D eigenvalue weighted by molar-refractivity contribution is 6.45. The van der Waals surface area contributed by atoms with Crippen LogP contribution in [0.25, 0.3) is 81.0 Å². The van der Waals surface area contributed by atoms with Crippen molar-refractivity contribution < 1.29 is 0 Å². The molecule has 2 heteroatoms. The fraction of sp³-hybridized carbons (Fsp3) is 0. The van der Waals surface area contributed by atoms with E-state index in [-0.39, 0.29) is 0 Å². The van der Waals surface area contributed by atoms with Crippen LogP contribution < -0.4 is 0 Å². The van der Waals surface area contributed by atoms with E-state index < -0.39 is 0 Å². The Morgan fingerprint density at radius 1 is 0.475 bits per heavy atom. The maximum Gasteiger partial charge on any atom is 0.196 e. The van der Waals surface area contributed by atoms with Crippen LogP contribution in [0.4, 0.5) is 5.69 Å². The topological polar surface area (TPSA) is 28.1 Å². The van der Waals surface area contributed by atoms with Gasteiger partial charge in [0.05, 0.1) is 18.2 Å². The van der Waals surface area contributed by atoms with E-state index in [0.717, 1.165) is 76.1 Å². The molecular formula is C38H20N2. The van der Waals surface area contributed by atoms with Crippen molar-refractivity contribution in [1.82, 2.24) is 0 Å². The summed E-state index contributed by atoms with van der Waals surface area (Å²) in [4.78, 5) is 4.10. The zero-order chi connectivity index (χ0) is 26.8. The zero-order valence-corrected chi connectivity index (χ0v) is 21.4. The molecule has 8 aromatic rings. The molecule has 0 aliphatic rings. The Bertz CT molecular complexity index is 2200. The van der Waals surface area contributed by atoms with Gasteiger partial charge in [-0.05, 0) is 82.9 Å². The molecule has 0 fully saturated rings. The van der Waals surface area contributed by atoms with Crippen molar-refractivity contribution in [3.8, 4) is 28.3 Å². The lowest BCUT2D eigenvalue weighted by Gasteiger charge is -2.23. The molecule has 0 saturated heterocycles. The second-order valence-corrected chi connectivity index (χ2v) is 10.2. The lowest BCUT2D eigenvalue weighted by molar-refractivity contribution is 1.51. The predicted octanol–water partition coefficient (Wildman–Crippen LogP) is 10.6. The Kier molecular flexibility index (Phi) is 4.68. The van der Waals surface area contributed by atoms with E-state index in [0.29, 0.717) is 11.3 Å². The highest BCUT2D eigenvalue weighted by Crippen LogP contribution is 2.53. The molecule has 0 aliphatic carbocycles. The number of nitriles is 1. The number of hydrogen-bond acceptors (Lipinski definition) is 1. The summed E-state index contributed by atoms with van der Waals surface area (Å²) >= 11 is 0. The third-order valence-electron chi connectivity index (χ3n) is 8.23. The van der Waals surface area contributed by atoms with Crippen LogP contribution in [0.5, 0.6) is 0 Å². The number of nitrogens with zero attached hydrogens (tertiary/aromatic N) is 2. The lowest BCUT2D eigenvalue weighted by Crippen LogP contribution is -1.96. The summed E-state index contributed by atoms with van der Waals surface area (Å²) in [5.74, 6) is 0. The Morgan fingerprint density at radius 3 is 1.40 bits per heavy atom. The van der Waals surface area contributed by atoms with Crippen molar-refractivity contribution >= 4 is 59.5 Å². The van der Waals surface area contributed by atoms with Gasteiger partial charge in [0, 0.05) is 5.39 Å². The monoisotopic (exact) mass is 504 g/mol. The smallest absolute Gasteiger partial charge is 0.196 e. The van der Waals surface area contributed by atoms with E-state index in [1.165, 1.54) is 0 Å². The van der Waals surface area contributed by atoms with Crippen LogP contribution in [-0.2, 0) is 0 Å². The summed E-state index contributed by atoms with van der Waals surface area (Å²) in [6, 6.07) is 44.2. The van der Waals surface area contributed by atoms with E-state index in [1.54, 1.807) is 0 Å². The third-order valence-corrected chi connectivity index (χ3v) is 8.23. The molecule has 0 bridgehead atoms. The first-order chi connectivity index (χ1) is 19.8. The molecule has 40 heavy (non-hydrogen) atoms. The van der Waals surface area contributed by atoms with Gasteiger partial charge in [0.25, 0.3) is 0 Å². The Morgan fingerprint density at radius 2 is 0.900 bits per heavy atom. The molecule has 0 aliphatic heterocycles. The van der Waals surface area contributed by atoms with Gasteiger partial charge in [-0.2, -0.15) is 5.26 Å². The highest BCUT2D eigenvalue weighted by atomic mass is 14.6. The molecule has 0 saturated carbocycles. The van der Waals surface area contributed by atoms with Crippen LogP contribution in [0.3, 0.4) is 0 Å². The minimum Gasteiger partial charge on any atom is -0.237 e. The predicted molar refractivity (Wildman–Crippen MR) is 167 cm³/mol. The van der Waals surface area contributed by atoms with Crippen molar-refractivity contribution in [2.45, 2.75) is 0 Å². The molecule has 0 radical (unpaired) electrons. The maximum absolute atomic E-state index is 10.5. The van der Waals surface area contributed by atoms with Gasteiger partial charge in [-0.15, -0.1) is 0 Å². The van der Waals surface area contributed by atoms with Gasteiger partial charge in [0.2, 0.25) is 0 Å². The van der Waals surface area contributed by atoms with Crippen molar-refractivity contribution in [3.05, 3.63) is 138 Å². The number of rotatable bonds is 2. The average Bonchev–Trinajstić information content (AvgIpc) is 3.04. The SMILES string of the molecule is [C-]#[N+]c1cc(-c2ccccc2)c2c3ccccc3c3c(C#N)cc(-c4ccccc4)c4c5ccccc5c1c2c34. The standard InChI is InChI=1S/C38H20N2/c1-40-32-21-31(24-14-6-3-7-15-24)35-27-17-9-8-16-26(27)33-25(22-39)20-30(23-12-4-2-5-13-23)34-28-18-10-11-19-29(28)36(32)38(35)37(33)34/h2-21H. The quantitative estimate of drug-likeness (QED) is 0.131. The molecule has 2 nitrogen and oxygen atoms in total. The molecule has 8 aromatic carbocycles. The van der Waals surface area contributed by atoms with E-state index in [2.05, 4.69) is 95.8 Å². The van der Waals surface area contributed by atoms with Gasteiger partial charge in [0.15, 0.2) is 5.69 Å². The third kappa shape index (κ3) is 2.91. The van der Waals surface area contributed by atoms with Crippen LogP contribution in [0.2, 0.25) is 0 Å². The normalized spacial score (nSPS) is 11.4. The number of fused-ring (bicyclic) bond motifs is 6. The fourth-order valence-corrected chi connectivity index (χ4v) is 6.67. The molecule has 0 unspecified atom stereocenters. The van der Waals surface area contributed by atoms with Gasteiger partial charge in [-0.1, -0.05) is 109 Å². The zero-order valence-electron chi connectivity index (χ0n) is 21.4. The maximum atomic E-state index is 10.5. The van der Waals surface area contributed by atoms with Crippen LogP contribution >= 0.6 is 0 Å². The largest absolute Gasteiger partial charge is 0.237 e. The average molecular weight is 505 g/mol. The summed E-state index contributed by atoms with van der Waals surface area (Å²) in [6.45, 7) is 8.28. The van der Waals surface area contributed by atoms with Gasteiger partial charge >= 0.3 is 0 Å². The summed E-state index contributed by atoms with van der Waals surface area (Å²) in [7, 11) is 0. The Hall–Kier alpha value is -5.70. The summed E-state index contributed by atoms with van der Waals surface area (Å²) in [6.07, 6.45) is 0. The van der Waals surface area contributed by atoms with E-state index in [4.69, 9.17) is 6.57 Å². The van der Waals surface area contributed by atoms with E-state index in [9.17, 15) is 5.26 Å². The van der Waals surface area contributed by atoms with E-state index >= 15 is 0 Å². The molecule has 0 heterocycles. The minimum absolute atomic E-state index is 0.629. The van der Waals surface area contributed by atoms with Gasteiger partial charge in [-0.25, -0.2) is 4.85 Å². The molecule has 182 valence electrons. The van der Waals surface area contributed by atoms with Gasteiger partial charge < -0.3 is 0 Å². The Balaban J connectivity index is 1.81.